The van der Waals surface area contributed by atoms with Gasteiger partial charge in [-0.1, -0.05) is 6.92 Å². The van der Waals surface area contributed by atoms with Crippen LogP contribution in [0.15, 0.2) is 18.2 Å². The predicted octanol–water partition coefficient (Wildman–Crippen LogP) is 1.83. The summed E-state index contributed by atoms with van der Waals surface area (Å²) >= 11 is 0. The van der Waals surface area contributed by atoms with Crippen molar-refractivity contribution in [3.8, 4) is 0 Å². The average molecular weight is 471 g/mol. The zero-order valence-electron chi connectivity index (χ0n) is 19.3. The Bertz CT molecular complexity index is 1000. The summed E-state index contributed by atoms with van der Waals surface area (Å²) in [7, 11) is 0. The second kappa shape index (κ2) is 10.2. The zero-order valence-corrected chi connectivity index (χ0v) is 19.3. The largest absolute Gasteiger partial charge is 0.450 e. The van der Waals surface area contributed by atoms with Gasteiger partial charge in [0.25, 0.3) is 11.8 Å². The van der Waals surface area contributed by atoms with Gasteiger partial charge in [-0.2, -0.15) is 0 Å². The molecule has 0 spiro atoms. The van der Waals surface area contributed by atoms with E-state index < -0.39 is 29.7 Å². The van der Waals surface area contributed by atoms with Gasteiger partial charge in [-0.25, -0.2) is 4.79 Å². The Labute approximate surface area is 198 Å². The maximum atomic E-state index is 13.0. The first-order valence-electron chi connectivity index (χ1n) is 11.9. The van der Waals surface area contributed by atoms with Crippen LogP contribution >= 0.6 is 0 Å². The SMILES string of the molecule is CCCOC(=O)NCCC1CCN(c2ccc3c(c2)C(=O)N(C2CCC(=O)NC2=O)C3=O)CC1. The lowest BCUT2D eigenvalue weighted by atomic mass is 9.93. The van der Waals surface area contributed by atoms with Gasteiger partial charge in [0, 0.05) is 31.7 Å². The Morgan fingerprint density at radius 2 is 1.82 bits per heavy atom. The van der Waals surface area contributed by atoms with Crippen LogP contribution in [0.1, 0.15) is 66.2 Å². The van der Waals surface area contributed by atoms with Gasteiger partial charge in [-0.05, 0) is 56.2 Å². The first-order chi connectivity index (χ1) is 16.4. The minimum atomic E-state index is -0.961. The van der Waals surface area contributed by atoms with Crippen molar-refractivity contribution in [3.63, 3.8) is 0 Å². The number of rotatable bonds is 7. The number of nitrogens with zero attached hydrogens (tertiary/aromatic N) is 2. The van der Waals surface area contributed by atoms with Crippen molar-refractivity contribution >= 4 is 35.4 Å². The first kappa shape index (κ1) is 23.7. The van der Waals surface area contributed by atoms with Crippen LogP contribution in [0, 0.1) is 5.92 Å². The number of nitrogens with one attached hydrogen (secondary N) is 2. The molecule has 5 amide bonds. The summed E-state index contributed by atoms with van der Waals surface area (Å²) in [5.74, 6) is -1.50. The quantitative estimate of drug-likeness (QED) is 0.583. The summed E-state index contributed by atoms with van der Waals surface area (Å²) < 4.78 is 5.01. The van der Waals surface area contributed by atoms with E-state index in [0.717, 1.165) is 49.4 Å². The van der Waals surface area contributed by atoms with Crippen molar-refractivity contribution in [2.75, 3.05) is 31.1 Å². The fraction of sp³-hybridized carbons (Fsp3) is 0.542. The molecule has 1 unspecified atom stereocenters. The number of hydrogen-bond acceptors (Lipinski definition) is 7. The molecule has 4 rings (SSSR count). The molecule has 3 heterocycles. The number of anilines is 1. The van der Waals surface area contributed by atoms with Gasteiger partial charge in [-0.15, -0.1) is 0 Å². The molecule has 2 N–H and O–H groups in total. The lowest BCUT2D eigenvalue weighted by molar-refractivity contribution is -0.136. The van der Waals surface area contributed by atoms with E-state index in [4.69, 9.17) is 4.74 Å². The number of imide groups is 2. The summed E-state index contributed by atoms with van der Waals surface area (Å²) in [6.07, 6.45) is 3.45. The molecule has 2 saturated heterocycles. The molecular weight excluding hydrogens is 440 g/mol. The summed E-state index contributed by atoms with van der Waals surface area (Å²) in [5, 5.41) is 4.99. The Morgan fingerprint density at radius 1 is 1.09 bits per heavy atom. The van der Waals surface area contributed by atoms with Crippen LogP contribution < -0.4 is 15.5 Å². The molecule has 182 valence electrons. The molecule has 3 aliphatic rings. The fourth-order valence-corrected chi connectivity index (χ4v) is 4.76. The number of fused-ring (bicyclic) bond motifs is 1. The molecule has 2 fully saturated rings. The van der Waals surface area contributed by atoms with E-state index in [1.54, 1.807) is 12.1 Å². The molecule has 10 nitrogen and oxygen atoms in total. The van der Waals surface area contributed by atoms with Gasteiger partial charge < -0.3 is 15.0 Å². The van der Waals surface area contributed by atoms with Gasteiger partial charge in [0.05, 0.1) is 17.7 Å². The van der Waals surface area contributed by atoms with E-state index in [1.165, 1.54) is 0 Å². The molecule has 34 heavy (non-hydrogen) atoms. The highest BCUT2D eigenvalue weighted by molar-refractivity contribution is 6.23. The van der Waals surface area contributed by atoms with Crippen LogP contribution in [-0.4, -0.2) is 66.9 Å². The highest BCUT2D eigenvalue weighted by Gasteiger charge is 2.44. The third-order valence-electron chi connectivity index (χ3n) is 6.66. The topological polar surface area (TPSA) is 125 Å². The van der Waals surface area contributed by atoms with Crippen LogP contribution in [-0.2, 0) is 14.3 Å². The highest BCUT2D eigenvalue weighted by Crippen LogP contribution is 2.32. The van der Waals surface area contributed by atoms with Crippen LogP contribution in [0.5, 0.6) is 0 Å². The van der Waals surface area contributed by atoms with Crippen molar-refractivity contribution in [1.29, 1.82) is 0 Å². The molecule has 0 radical (unpaired) electrons. The van der Waals surface area contributed by atoms with E-state index >= 15 is 0 Å². The van der Waals surface area contributed by atoms with Crippen molar-refractivity contribution in [3.05, 3.63) is 29.3 Å². The lowest BCUT2D eigenvalue weighted by Crippen LogP contribution is -2.54. The van der Waals surface area contributed by atoms with Crippen LogP contribution in [0.2, 0.25) is 0 Å². The third-order valence-corrected chi connectivity index (χ3v) is 6.66. The van der Waals surface area contributed by atoms with E-state index in [2.05, 4.69) is 15.5 Å². The first-order valence-corrected chi connectivity index (χ1v) is 11.9. The number of hydrogen-bond donors (Lipinski definition) is 2. The molecule has 0 bridgehead atoms. The normalized spacial score (nSPS) is 20.9. The fourth-order valence-electron chi connectivity index (χ4n) is 4.76. The van der Waals surface area contributed by atoms with Gasteiger partial charge in [0.2, 0.25) is 11.8 Å². The second-order valence-electron chi connectivity index (χ2n) is 8.96. The highest BCUT2D eigenvalue weighted by atomic mass is 16.5. The number of amides is 5. The monoisotopic (exact) mass is 470 g/mol. The number of piperidine rings is 2. The molecule has 3 aliphatic heterocycles. The Kier molecular flexibility index (Phi) is 7.14. The molecule has 0 aromatic heterocycles. The summed E-state index contributed by atoms with van der Waals surface area (Å²) in [6, 6.07) is 4.25. The van der Waals surface area contributed by atoms with Gasteiger partial charge in [-0.3, -0.25) is 29.4 Å². The minimum absolute atomic E-state index is 0.0967. The number of carbonyl (C=O) groups excluding carboxylic acids is 5. The Morgan fingerprint density at radius 3 is 2.53 bits per heavy atom. The molecule has 1 aromatic carbocycles. The lowest BCUT2D eigenvalue weighted by Gasteiger charge is -2.33. The van der Waals surface area contributed by atoms with Gasteiger partial charge in [0.15, 0.2) is 0 Å². The molecule has 1 aromatic rings. The van der Waals surface area contributed by atoms with Crippen molar-refractivity contribution in [2.24, 2.45) is 5.92 Å². The van der Waals surface area contributed by atoms with Crippen molar-refractivity contribution in [1.82, 2.24) is 15.5 Å². The van der Waals surface area contributed by atoms with E-state index in [0.29, 0.717) is 24.6 Å². The Hall–Kier alpha value is -3.43. The number of ether oxygens (including phenoxy) is 1. The summed E-state index contributed by atoms with van der Waals surface area (Å²) in [5.41, 5.74) is 1.45. The molecule has 0 aliphatic carbocycles. The van der Waals surface area contributed by atoms with Gasteiger partial charge >= 0.3 is 6.09 Å². The second-order valence-corrected chi connectivity index (χ2v) is 8.96. The number of carbonyl (C=O) groups is 5. The smallest absolute Gasteiger partial charge is 0.407 e. The minimum Gasteiger partial charge on any atom is -0.450 e. The molecule has 0 saturated carbocycles. The summed E-state index contributed by atoms with van der Waals surface area (Å²) in [4.78, 5) is 64.3. The number of benzene rings is 1. The summed E-state index contributed by atoms with van der Waals surface area (Å²) in [6.45, 7) is 4.57. The number of alkyl carbamates (subject to hydrolysis) is 1. The van der Waals surface area contributed by atoms with E-state index in [1.807, 2.05) is 13.0 Å². The van der Waals surface area contributed by atoms with Gasteiger partial charge in [0.1, 0.15) is 6.04 Å². The maximum Gasteiger partial charge on any atom is 0.407 e. The molecular formula is C24H30N4O6. The van der Waals surface area contributed by atoms with Crippen molar-refractivity contribution < 1.29 is 28.7 Å². The third kappa shape index (κ3) is 4.90. The van der Waals surface area contributed by atoms with E-state index in [-0.39, 0.29) is 24.5 Å². The van der Waals surface area contributed by atoms with E-state index in [9.17, 15) is 24.0 Å². The maximum absolute atomic E-state index is 13.0. The molecule has 10 heteroatoms. The van der Waals surface area contributed by atoms with Crippen molar-refractivity contribution in [2.45, 2.75) is 51.5 Å². The predicted molar refractivity (Wildman–Crippen MR) is 122 cm³/mol. The zero-order chi connectivity index (χ0) is 24.2. The van der Waals surface area contributed by atoms with Crippen LogP contribution in [0.3, 0.4) is 0 Å². The van der Waals surface area contributed by atoms with Crippen LogP contribution in [0.4, 0.5) is 10.5 Å². The Balaban J connectivity index is 1.33. The average Bonchev–Trinajstić information content (AvgIpc) is 3.08. The molecule has 1 atom stereocenters. The van der Waals surface area contributed by atoms with Crippen LogP contribution in [0.25, 0.3) is 0 Å². The standard InChI is InChI=1S/C24H30N4O6/c1-2-13-34-24(33)25-10-7-15-8-11-27(12-9-15)16-3-4-17-18(14-16)23(32)28(22(17)31)19-5-6-20(29)26-21(19)30/h3-4,14-15,19H,2,5-13H2,1H3,(H,25,33)(H,26,29,30).